The van der Waals surface area contributed by atoms with Gasteiger partial charge >= 0.3 is 5.97 Å². The van der Waals surface area contributed by atoms with Crippen molar-refractivity contribution in [2.75, 3.05) is 47.9 Å². The highest BCUT2D eigenvalue weighted by Crippen LogP contribution is 2.31. The number of aliphatic carboxylic acids is 1. The quantitative estimate of drug-likeness (QED) is 0.0480. The van der Waals surface area contributed by atoms with Crippen molar-refractivity contribution in [3.8, 4) is 0 Å². The molecule has 0 radical (unpaired) electrons. The molecular weight excluding hydrogens is 1060 g/mol. The molecule has 0 aliphatic carbocycles. The Hall–Kier alpha value is -4.35. The average molecular weight is 1140 g/mol. The highest BCUT2D eigenvalue weighted by atomic mass is 127. The number of carbonyl (C=O) groups excluding carboxylic acids is 8. The molecule has 72 heavy (non-hydrogen) atoms. The fourth-order valence-corrected chi connectivity index (χ4v) is 11.4. The van der Waals surface area contributed by atoms with Crippen LogP contribution in [0.1, 0.15) is 112 Å². The van der Waals surface area contributed by atoms with Crippen molar-refractivity contribution in [1.29, 1.82) is 0 Å². The van der Waals surface area contributed by atoms with Crippen LogP contribution in [0, 0.1) is 23.7 Å². The lowest BCUT2D eigenvalue weighted by molar-refractivity contribution is -0.149. The van der Waals surface area contributed by atoms with Gasteiger partial charge in [0.25, 0.3) is 0 Å². The average Bonchev–Trinajstić information content (AvgIpc) is 3.94. The second-order valence-corrected chi connectivity index (χ2v) is 22.1. The summed E-state index contributed by atoms with van der Waals surface area (Å²) < 4.78 is 11.9. The van der Waals surface area contributed by atoms with E-state index in [9.17, 15) is 48.3 Å². The van der Waals surface area contributed by atoms with Crippen molar-refractivity contribution >= 4 is 83.4 Å². The van der Waals surface area contributed by atoms with Crippen molar-refractivity contribution in [1.82, 2.24) is 35.6 Å². The second kappa shape index (κ2) is 30.1. The summed E-state index contributed by atoms with van der Waals surface area (Å²) in [4.78, 5) is 125. The maximum Gasteiger partial charge on any atom is 0.326 e. The van der Waals surface area contributed by atoms with Crippen LogP contribution in [0.5, 0.6) is 0 Å². The topological polar surface area (TPSA) is 241 Å². The predicted molar refractivity (Wildman–Crippen MR) is 282 cm³/mol. The zero-order valence-electron chi connectivity index (χ0n) is 44.0. The van der Waals surface area contributed by atoms with Crippen molar-refractivity contribution in [2.45, 2.75) is 160 Å². The largest absolute Gasteiger partial charge is 0.480 e. The molecule has 404 valence electrons. The van der Waals surface area contributed by atoms with Crippen molar-refractivity contribution in [2.24, 2.45) is 23.7 Å². The van der Waals surface area contributed by atoms with Crippen LogP contribution in [-0.4, -0.2) is 174 Å². The number of ether oxygens (including phenoxy) is 2. The van der Waals surface area contributed by atoms with Crippen molar-refractivity contribution < 1.29 is 57.7 Å². The van der Waals surface area contributed by atoms with Gasteiger partial charge in [-0.3, -0.25) is 43.3 Å². The van der Waals surface area contributed by atoms with Gasteiger partial charge in [0.2, 0.25) is 47.3 Å². The Bertz CT molecular complexity index is 2020. The lowest BCUT2D eigenvalue weighted by Crippen LogP contribution is -2.60. The number of methoxy groups -OCH3 is 2. The molecule has 2 heterocycles. The third kappa shape index (κ3) is 17.1. The zero-order chi connectivity index (χ0) is 54.0. The monoisotopic (exact) mass is 1140 g/mol. The second-order valence-electron chi connectivity index (χ2n) is 19.9. The van der Waals surface area contributed by atoms with E-state index in [0.717, 1.165) is 5.56 Å². The summed E-state index contributed by atoms with van der Waals surface area (Å²) in [7, 11) is 7.40. The lowest BCUT2D eigenvalue weighted by Gasteiger charge is -2.41. The van der Waals surface area contributed by atoms with Crippen LogP contribution < -0.4 is 16.0 Å². The van der Waals surface area contributed by atoms with E-state index < -0.39 is 77.9 Å². The van der Waals surface area contributed by atoms with Crippen LogP contribution in [-0.2, 0) is 59.0 Å². The molecule has 1 aromatic rings. The predicted octanol–water partition coefficient (Wildman–Crippen LogP) is 4.23. The molecule has 2 saturated heterocycles. The number of carboxylic acids is 1. The molecule has 3 rings (SSSR count). The number of nitrogens with zero attached hydrogens (tertiary/aromatic N) is 4. The van der Waals surface area contributed by atoms with Gasteiger partial charge in [-0.25, -0.2) is 4.79 Å². The van der Waals surface area contributed by atoms with E-state index in [1.165, 1.54) is 40.0 Å². The Labute approximate surface area is 442 Å². The minimum absolute atomic E-state index is 0.0941. The first kappa shape index (κ1) is 61.9. The van der Waals surface area contributed by atoms with Gasteiger partial charge in [0.15, 0.2) is 0 Å². The summed E-state index contributed by atoms with van der Waals surface area (Å²) in [5.41, 5.74) is 0.755. The van der Waals surface area contributed by atoms with Crippen LogP contribution in [0.3, 0.4) is 0 Å². The number of rotatable bonds is 30. The minimum Gasteiger partial charge on any atom is -0.480 e. The third-order valence-electron chi connectivity index (χ3n) is 14.1. The normalized spacial score (nSPS) is 19.2. The Morgan fingerprint density at radius 1 is 0.889 bits per heavy atom. The molecule has 1 aromatic carbocycles. The van der Waals surface area contributed by atoms with E-state index in [4.69, 9.17) is 9.47 Å². The Kier molecular flexibility index (Phi) is 25.9. The summed E-state index contributed by atoms with van der Waals surface area (Å²) in [6.45, 7) is 13.1. The van der Waals surface area contributed by atoms with Gasteiger partial charge in [0.05, 0.1) is 43.2 Å². The van der Waals surface area contributed by atoms with E-state index >= 15 is 0 Å². The Balaban J connectivity index is 1.66. The van der Waals surface area contributed by atoms with Crippen LogP contribution in [0.15, 0.2) is 30.3 Å². The molecule has 2 fully saturated rings. The number of halogens is 1. The van der Waals surface area contributed by atoms with Gasteiger partial charge < -0.3 is 45.2 Å². The maximum atomic E-state index is 14.6. The minimum atomic E-state index is -1.17. The number of likely N-dealkylation sites (N-methyl/N-ethyl adjacent to an activating group) is 2. The van der Waals surface area contributed by atoms with Gasteiger partial charge in [0.1, 0.15) is 23.4 Å². The Morgan fingerprint density at radius 2 is 1.56 bits per heavy atom. The Morgan fingerprint density at radius 3 is 2.11 bits per heavy atom. The van der Waals surface area contributed by atoms with Crippen molar-refractivity contribution in [3.63, 3.8) is 0 Å². The van der Waals surface area contributed by atoms with E-state index in [0.29, 0.717) is 51.6 Å². The van der Waals surface area contributed by atoms with Crippen LogP contribution in [0.2, 0.25) is 0 Å². The number of carboxylic acid groups (broad SMARTS) is 1. The molecule has 0 spiro atoms. The number of likely N-dealkylation sites (tertiary alicyclic amines) is 2. The van der Waals surface area contributed by atoms with Gasteiger partial charge in [-0.15, -0.1) is 0 Å². The van der Waals surface area contributed by atoms with Crippen LogP contribution in [0.25, 0.3) is 0 Å². The number of benzene rings is 1. The highest BCUT2D eigenvalue weighted by molar-refractivity contribution is 14.2. The summed E-state index contributed by atoms with van der Waals surface area (Å²) in [5, 5.41) is 17.8. The van der Waals surface area contributed by atoms with Crippen molar-refractivity contribution in [3.05, 3.63) is 35.9 Å². The molecule has 19 nitrogen and oxygen atoms in total. The lowest BCUT2D eigenvalue weighted by atomic mass is 9.89. The summed E-state index contributed by atoms with van der Waals surface area (Å²) in [6.07, 6.45) is 2.30. The van der Waals surface area contributed by atoms with E-state index in [1.54, 1.807) is 75.7 Å². The summed E-state index contributed by atoms with van der Waals surface area (Å²) in [5.74, 6) is -5.84. The number of hydrogen-bond acceptors (Lipinski definition) is 12. The number of hydrogen-bond donors (Lipinski definition) is 4. The molecule has 2 aliphatic rings. The van der Waals surface area contributed by atoms with Gasteiger partial charge in [-0.05, 0) is 70.2 Å². The smallest absolute Gasteiger partial charge is 0.326 e. The van der Waals surface area contributed by atoms with Gasteiger partial charge in [0, 0.05) is 60.7 Å². The van der Waals surface area contributed by atoms with Gasteiger partial charge in [-0.1, -0.05) is 101 Å². The molecule has 0 aromatic heterocycles. The molecule has 21 heteroatoms. The number of unbranched alkanes of at least 4 members (excludes halogenated alkanes) is 2. The molecule has 2 aliphatic heterocycles. The first-order valence-electron chi connectivity index (χ1n) is 25.2. The number of nitrogens with one attached hydrogen (secondary N) is 3. The molecule has 3 unspecified atom stereocenters. The first-order chi connectivity index (χ1) is 34.0. The standard InChI is InChI=1S/C51H80IN7O12S/c1-12-32(6)45(37(70-10)27-40(61)58-25-19-22-36(58)46(71-11)33(7)47(64)54-35(51(68)69)26-34-20-15-13-16-21-34)57(9)50(67)43(30(2)3)55-48(65)44(31(4)5)56(8)42(63)29-53-39(60)23-17-14-18-24-59-41(62)28-38(72-52)49(59)66/h13,15-16,20-21,30-33,35-38,43-46H,12,14,17-19,22-29H2,1-11H3,(H,53,60)(H,54,64)(H,55,65)(H,68,69)/t32-,33+,35-,36?,37+,38?,43-,44-,45?,46+/m0/s1. The fraction of sp³-hybridized carbons (Fsp3) is 0.706. The number of imide groups is 1. The summed E-state index contributed by atoms with van der Waals surface area (Å²) >= 11 is 2.02. The maximum absolute atomic E-state index is 14.6. The summed E-state index contributed by atoms with van der Waals surface area (Å²) in [6, 6.07) is 4.72. The molecule has 0 bridgehead atoms. The zero-order valence-corrected chi connectivity index (χ0v) is 47.0. The SMILES string of the molecule is CC[C@H](C)C([C@@H](CC(=O)N1CCCC1[C@H](OC)[C@@H](C)C(=O)N[C@@H](Cc1ccccc1)C(=O)O)OC)N(C)C(=O)[C@@H](NC(=O)[C@H](C(C)C)N(C)C(=O)CNC(=O)CCCCCN1C(=O)CC(SI)C1=O)C(C)C. The fourth-order valence-electron chi connectivity index (χ4n) is 9.79. The number of amides is 8. The first-order valence-corrected chi connectivity index (χ1v) is 28.6. The number of carbonyl (C=O) groups is 9. The van der Waals surface area contributed by atoms with E-state index in [1.807, 2.05) is 41.1 Å². The van der Waals surface area contributed by atoms with E-state index in [2.05, 4.69) is 16.0 Å². The molecule has 10 atom stereocenters. The van der Waals surface area contributed by atoms with Crippen LogP contribution >= 0.6 is 30.1 Å². The van der Waals surface area contributed by atoms with E-state index in [-0.39, 0.29) is 78.9 Å². The molecule has 4 N–H and O–H groups in total. The third-order valence-corrected chi connectivity index (χ3v) is 16.6. The molecule has 0 saturated carbocycles. The van der Waals surface area contributed by atoms with Crippen LogP contribution in [0.4, 0.5) is 0 Å². The highest BCUT2D eigenvalue weighted by Gasteiger charge is 2.44. The van der Waals surface area contributed by atoms with Gasteiger partial charge in [-0.2, -0.15) is 0 Å². The molecule has 8 amide bonds. The molecular formula is C51H80IN7O12S.